The summed E-state index contributed by atoms with van der Waals surface area (Å²) in [5.74, 6) is -0.0798. The van der Waals surface area contributed by atoms with E-state index < -0.39 is 5.82 Å². The summed E-state index contributed by atoms with van der Waals surface area (Å²) in [5.41, 5.74) is 6.38. The van der Waals surface area contributed by atoms with Gasteiger partial charge in [0.2, 0.25) is 0 Å². The number of aromatic nitrogens is 1. The Morgan fingerprint density at radius 3 is 2.76 bits per heavy atom. The first-order valence-corrected chi connectivity index (χ1v) is 5.88. The second-order valence-electron chi connectivity index (χ2n) is 3.29. The lowest BCUT2D eigenvalue weighted by atomic mass is 10.3. The van der Waals surface area contributed by atoms with Gasteiger partial charge in [-0.2, -0.15) is 0 Å². The summed E-state index contributed by atoms with van der Waals surface area (Å²) in [6.45, 7) is 0. The first-order chi connectivity index (χ1) is 8.08. The van der Waals surface area contributed by atoms with Crippen LogP contribution in [-0.2, 0) is 0 Å². The average Bonchev–Trinajstić information content (AvgIpc) is 2.28. The lowest BCUT2D eigenvalue weighted by Gasteiger charge is -2.10. The molecule has 0 amide bonds. The highest BCUT2D eigenvalue weighted by Crippen LogP contribution is 2.30. The lowest BCUT2D eigenvalue weighted by Crippen LogP contribution is -2.01. The zero-order valence-corrected chi connectivity index (χ0v) is 10.9. The number of nitrogen functional groups attached to an aromatic ring is 1. The number of nitrogens with zero attached hydrogens (tertiary/aromatic N) is 1. The number of para-hydroxylation sites is 1. The van der Waals surface area contributed by atoms with Crippen LogP contribution in [0, 0.1) is 5.82 Å². The van der Waals surface area contributed by atoms with Crippen LogP contribution in [0.3, 0.4) is 0 Å². The van der Waals surface area contributed by atoms with Gasteiger partial charge in [-0.25, -0.2) is 9.37 Å². The van der Waals surface area contributed by atoms with Gasteiger partial charge in [-0.15, -0.1) is 0 Å². The molecule has 1 aromatic heterocycles. The smallest absolute Gasteiger partial charge is 0.155 e. The third-order valence-corrected chi connectivity index (χ3v) is 2.97. The topological polar surface area (TPSA) is 50.9 Å². The van der Waals surface area contributed by atoms with Gasteiger partial charge in [-0.3, -0.25) is 0 Å². The van der Waals surface area contributed by atoms with Gasteiger partial charge < -0.3 is 11.1 Å². The van der Waals surface area contributed by atoms with E-state index in [0.717, 1.165) is 0 Å². The number of hydrogen-bond acceptors (Lipinski definition) is 3. The molecule has 0 saturated carbocycles. The number of anilines is 3. The average molecular weight is 317 g/mol. The van der Waals surface area contributed by atoms with Crippen LogP contribution in [-0.4, -0.2) is 4.98 Å². The van der Waals surface area contributed by atoms with Crippen molar-refractivity contribution in [2.45, 2.75) is 0 Å². The number of benzene rings is 1. The fourth-order valence-corrected chi connectivity index (χ4v) is 1.87. The molecular formula is C11H8BrClFN3. The van der Waals surface area contributed by atoms with E-state index in [0.29, 0.717) is 16.0 Å². The van der Waals surface area contributed by atoms with Crippen LogP contribution in [0.1, 0.15) is 0 Å². The van der Waals surface area contributed by atoms with Crippen LogP contribution >= 0.6 is 27.5 Å². The Bertz CT molecular complexity index is 542. The van der Waals surface area contributed by atoms with E-state index >= 15 is 0 Å². The molecular weight excluding hydrogens is 308 g/mol. The number of rotatable bonds is 2. The second kappa shape index (κ2) is 4.89. The van der Waals surface area contributed by atoms with E-state index in [4.69, 9.17) is 17.3 Å². The number of pyridine rings is 1. The molecule has 1 heterocycles. The first kappa shape index (κ1) is 12.1. The van der Waals surface area contributed by atoms with Crippen LogP contribution in [0.2, 0.25) is 5.15 Å². The fourth-order valence-electron chi connectivity index (χ4n) is 1.28. The highest BCUT2D eigenvalue weighted by Gasteiger charge is 2.09. The van der Waals surface area contributed by atoms with Gasteiger partial charge in [0.1, 0.15) is 11.0 Å². The van der Waals surface area contributed by atoms with Crippen molar-refractivity contribution in [1.29, 1.82) is 0 Å². The largest absolute Gasteiger partial charge is 0.396 e. The van der Waals surface area contributed by atoms with Crippen molar-refractivity contribution in [3.63, 3.8) is 0 Å². The normalized spacial score (nSPS) is 10.3. The summed E-state index contributed by atoms with van der Waals surface area (Å²) >= 11 is 8.99. The van der Waals surface area contributed by atoms with Crippen LogP contribution in [0.15, 0.2) is 34.8 Å². The van der Waals surface area contributed by atoms with Crippen molar-refractivity contribution >= 4 is 44.7 Å². The molecule has 0 spiro atoms. The van der Waals surface area contributed by atoms with Gasteiger partial charge in [0.25, 0.3) is 0 Å². The SMILES string of the molecule is Nc1ccc(Cl)nc1Nc1c(F)cccc1Br. The molecule has 0 aliphatic rings. The van der Waals surface area contributed by atoms with E-state index in [1.165, 1.54) is 6.07 Å². The minimum Gasteiger partial charge on any atom is -0.396 e. The van der Waals surface area contributed by atoms with Gasteiger partial charge in [0.05, 0.1) is 11.4 Å². The molecule has 0 atom stereocenters. The number of nitrogens with two attached hydrogens (primary N) is 1. The van der Waals surface area contributed by atoms with Gasteiger partial charge in [0, 0.05) is 4.47 Å². The zero-order chi connectivity index (χ0) is 12.4. The van der Waals surface area contributed by atoms with E-state index in [9.17, 15) is 4.39 Å². The predicted molar refractivity (Wildman–Crippen MR) is 71.0 cm³/mol. The molecule has 1 aromatic carbocycles. The van der Waals surface area contributed by atoms with Crippen LogP contribution in [0.25, 0.3) is 0 Å². The van der Waals surface area contributed by atoms with Gasteiger partial charge in [-0.05, 0) is 40.2 Å². The summed E-state index contributed by atoms with van der Waals surface area (Å²) in [6, 6.07) is 7.82. The maximum Gasteiger partial charge on any atom is 0.155 e. The van der Waals surface area contributed by atoms with Crippen LogP contribution < -0.4 is 11.1 Å². The lowest BCUT2D eigenvalue weighted by molar-refractivity contribution is 0.631. The molecule has 2 aromatic rings. The third-order valence-electron chi connectivity index (χ3n) is 2.10. The van der Waals surface area contributed by atoms with Gasteiger partial charge in [0.15, 0.2) is 5.82 Å². The van der Waals surface area contributed by atoms with Crippen molar-refractivity contribution in [3.8, 4) is 0 Å². The quantitative estimate of drug-likeness (QED) is 0.825. The Morgan fingerprint density at radius 2 is 2.06 bits per heavy atom. The molecule has 2 rings (SSSR count). The van der Waals surface area contributed by atoms with Crippen molar-refractivity contribution in [2.24, 2.45) is 0 Å². The Labute approximate surface area is 111 Å². The molecule has 0 fully saturated rings. The molecule has 0 radical (unpaired) electrons. The Balaban J connectivity index is 2.41. The third kappa shape index (κ3) is 2.68. The molecule has 0 unspecified atom stereocenters. The van der Waals surface area contributed by atoms with Crippen molar-refractivity contribution < 1.29 is 4.39 Å². The van der Waals surface area contributed by atoms with Gasteiger partial charge in [-0.1, -0.05) is 17.7 Å². The van der Waals surface area contributed by atoms with Crippen LogP contribution in [0.4, 0.5) is 21.6 Å². The van der Waals surface area contributed by atoms with E-state index in [1.807, 2.05) is 0 Å². The van der Waals surface area contributed by atoms with Crippen molar-refractivity contribution in [2.75, 3.05) is 11.1 Å². The molecule has 88 valence electrons. The predicted octanol–water partition coefficient (Wildman–Crippen LogP) is 3.96. The number of hydrogen-bond donors (Lipinski definition) is 2. The summed E-state index contributed by atoms with van der Waals surface area (Å²) in [7, 11) is 0. The number of halogens is 3. The minimum absolute atomic E-state index is 0.272. The summed E-state index contributed by atoms with van der Waals surface area (Å²) < 4.78 is 14.2. The van der Waals surface area contributed by atoms with Crippen molar-refractivity contribution in [3.05, 3.63) is 45.8 Å². The monoisotopic (exact) mass is 315 g/mol. The van der Waals surface area contributed by atoms with Crippen molar-refractivity contribution in [1.82, 2.24) is 4.98 Å². The minimum atomic E-state index is -0.402. The summed E-state index contributed by atoms with van der Waals surface area (Å²) in [5, 5.41) is 3.09. The highest BCUT2D eigenvalue weighted by molar-refractivity contribution is 9.10. The molecule has 0 saturated heterocycles. The molecule has 3 nitrogen and oxygen atoms in total. The van der Waals surface area contributed by atoms with Gasteiger partial charge >= 0.3 is 0 Å². The molecule has 0 bridgehead atoms. The first-order valence-electron chi connectivity index (χ1n) is 4.71. The molecule has 0 aliphatic carbocycles. The summed E-state index contributed by atoms with van der Waals surface area (Å²) in [4.78, 5) is 3.99. The van der Waals surface area contributed by atoms with Crippen LogP contribution in [0.5, 0.6) is 0 Å². The maximum atomic E-state index is 13.6. The Morgan fingerprint density at radius 1 is 1.29 bits per heavy atom. The highest BCUT2D eigenvalue weighted by atomic mass is 79.9. The van der Waals surface area contributed by atoms with E-state index in [-0.39, 0.29) is 10.8 Å². The standard InChI is InChI=1S/C11H8BrClFN3/c12-6-2-1-3-7(14)10(6)17-11-8(15)4-5-9(13)16-11/h1-5H,15H2,(H,16,17). The fraction of sp³-hybridized carbons (Fsp3) is 0. The second-order valence-corrected chi connectivity index (χ2v) is 4.54. The van der Waals surface area contributed by atoms with E-state index in [1.54, 1.807) is 24.3 Å². The summed E-state index contributed by atoms with van der Waals surface area (Å²) in [6.07, 6.45) is 0. The zero-order valence-electron chi connectivity index (χ0n) is 8.55. The molecule has 0 aliphatic heterocycles. The molecule has 6 heteroatoms. The Hall–Kier alpha value is -1.33. The maximum absolute atomic E-state index is 13.6. The molecule has 3 N–H and O–H groups in total. The molecule has 17 heavy (non-hydrogen) atoms. The van der Waals surface area contributed by atoms with E-state index in [2.05, 4.69) is 26.2 Å². The number of nitrogens with one attached hydrogen (secondary N) is 1. The Kier molecular flexibility index (Phi) is 3.49.